The van der Waals surface area contributed by atoms with Gasteiger partial charge in [0.2, 0.25) is 5.95 Å². The van der Waals surface area contributed by atoms with Crippen molar-refractivity contribution >= 4 is 17.3 Å². The number of anilines is 3. The number of nitrogens with one attached hydrogen (secondary N) is 1. The van der Waals surface area contributed by atoms with E-state index in [-0.39, 0.29) is 7.11 Å². The normalized spacial score (nSPS) is 20.8. The maximum Gasteiger partial charge on any atom is 0.246 e. The van der Waals surface area contributed by atoms with Crippen LogP contribution in [0.3, 0.4) is 0 Å². The molecule has 6 nitrogen and oxygen atoms in total. The fraction of sp³-hybridized carbons (Fsp3) is 0.300. The summed E-state index contributed by atoms with van der Waals surface area (Å²) in [5, 5.41) is 7.47. The Bertz CT molecular complexity index is 1010. The van der Waals surface area contributed by atoms with E-state index in [4.69, 9.17) is 4.74 Å². The zero-order chi connectivity index (χ0) is 19.3. The van der Waals surface area contributed by atoms with E-state index in [1.54, 1.807) is 0 Å². The number of hydrogen-bond donors (Lipinski definition) is 1. The van der Waals surface area contributed by atoms with Gasteiger partial charge in [-0.25, -0.2) is 13.5 Å². The predicted octanol–water partition coefficient (Wildman–Crippen LogP) is 3.82. The van der Waals surface area contributed by atoms with Gasteiger partial charge in [-0.3, -0.25) is 0 Å². The highest BCUT2D eigenvalue weighted by molar-refractivity contribution is 5.65. The van der Waals surface area contributed by atoms with E-state index >= 15 is 0 Å². The minimum absolute atomic E-state index is 0. The van der Waals surface area contributed by atoms with Crippen LogP contribution < -0.4 is 10.2 Å². The molecule has 0 spiro atoms. The van der Waals surface area contributed by atoms with Gasteiger partial charge in [0, 0.05) is 18.9 Å². The van der Waals surface area contributed by atoms with E-state index in [0.29, 0.717) is 18.0 Å². The number of morpholine rings is 1. The average molecular weight is 385 g/mol. The van der Waals surface area contributed by atoms with E-state index in [1.807, 2.05) is 13.0 Å². The summed E-state index contributed by atoms with van der Waals surface area (Å²) < 4.78 is 33.8. The quantitative estimate of drug-likeness (QED) is 0.740. The van der Waals surface area contributed by atoms with Crippen molar-refractivity contribution in [1.29, 1.82) is 0 Å². The second kappa shape index (κ2) is 6.56. The molecule has 0 amide bonds. The summed E-state index contributed by atoms with van der Waals surface area (Å²) in [7, 11) is 0. The van der Waals surface area contributed by atoms with E-state index in [1.165, 1.54) is 29.6 Å². The van der Waals surface area contributed by atoms with E-state index in [0.717, 1.165) is 36.2 Å². The first kappa shape index (κ1) is 17.1. The Morgan fingerprint density at radius 2 is 1.79 bits per heavy atom. The number of ether oxygens (including phenoxy) is 1. The number of nitrogens with zero attached hydrogens (tertiary/aromatic N) is 4. The van der Waals surface area contributed by atoms with Gasteiger partial charge >= 0.3 is 0 Å². The third-order valence-corrected chi connectivity index (χ3v) is 5.17. The number of rotatable bonds is 4. The van der Waals surface area contributed by atoms with Crippen LogP contribution >= 0.6 is 0 Å². The largest absolute Gasteiger partial charge is 0.377 e. The van der Waals surface area contributed by atoms with Gasteiger partial charge in [0.05, 0.1) is 31.0 Å². The average Bonchev–Trinajstić information content (AvgIpc) is 3.09. The fourth-order valence-electron chi connectivity index (χ4n) is 3.99. The van der Waals surface area contributed by atoms with Crippen LogP contribution in [0.5, 0.6) is 0 Å². The van der Waals surface area contributed by atoms with E-state index in [2.05, 4.69) is 32.4 Å². The lowest BCUT2D eigenvalue weighted by Crippen LogP contribution is -2.64. The monoisotopic (exact) mass is 385 g/mol. The molecule has 146 valence electrons. The highest BCUT2D eigenvalue weighted by Crippen LogP contribution is 2.37. The number of benzene rings is 2. The van der Waals surface area contributed by atoms with Crippen LogP contribution in [0.15, 0.2) is 42.7 Å². The second-order valence-electron chi connectivity index (χ2n) is 7.31. The van der Waals surface area contributed by atoms with E-state index < -0.39 is 11.6 Å². The molecule has 5 rings (SSSR count). The summed E-state index contributed by atoms with van der Waals surface area (Å²) in [6, 6.07) is 10.4. The summed E-state index contributed by atoms with van der Waals surface area (Å²) in [6.07, 6.45) is 2.59. The summed E-state index contributed by atoms with van der Waals surface area (Å²) >= 11 is 0. The molecule has 1 N–H and O–H groups in total. The Kier molecular flexibility index (Phi) is 4.01. The summed E-state index contributed by atoms with van der Waals surface area (Å²) in [4.78, 5) is 6.61. The fourth-order valence-corrected chi connectivity index (χ4v) is 3.99. The maximum atomic E-state index is 13.4. The molecule has 2 aromatic carbocycles. The van der Waals surface area contributed by atoms with Gasteiger partial charge in [-0.15, -0.1) is 5.10 Å². The molecule has 0 radical (unpaired) electrons. The zero-order valence-corrected chi connectivity index (χ0v) is 15.3. The van der Waals surface area contributed by atoms with Crippen LogP contribution in [0.2, 0.25) is 0 Å². The first-order valence-electron chi connectivity index (χ1n) is 9.18. The molecule has 2 unspecified atom stereocenters. The molecule has 0 saturated carbocycles. The molecule has 8 heteroatoms. The molecule has 2 aliphatic heterocycles. The standard InChI is InChI=1S/C20H19F2N5O.H2/c1-12-2-15(7-17(3-12)27-18-8-19(27)10-28-9-18)24-20-23-11-26(25-20)16-5-13(21)4-14(22)6-16;/h2-7,11,18-19H,8-10H2,1H3,(H,24,25);1H. The van der Waals surface area contributed by atoms with Gasteiger partial charge in [0.1, 0.15) is 18.0 Å². The predicted molar refractivity (Wildman–Crippen MR) is 103 cm³/mol. The van der Waals surface area contributed by atoms with Crippen LogP contribution in [-0.2, 0) is 4.74 Å². The third kappa shape index (κ3) is 3.09. The van der Waals surface area contributed by atoms with Gasteiger partial charge < -0.3 is 15.0 Å². The highest BCUT2D eigenvalue weighted by atomic mass is 19.1. The number of fused-ring (bicyclic) bond motifs is 2. The molecule has 1 aromatic heterocycles. The molecule has 2 aliphatic rings. The van der Waals surface area contributed by atoms with Gasteiger partial charge in [-0.1, -0.05) is 0 Å². The first-order valence-corrected chi connectivity index (χ1v) is 9.18. The molecule has 2 fully saturated rings. The Hall–Kier alpha value is -3.00. The second-order valence-corrected chi connectivity index (χ2v) is 7.31. The van der Waals surface area contributed by atoms with Gasteiger partial charge in [0.25, 0.3) is 0 Å². The van der Waals surface area contributed by atoms with Gasteiger partial charge in [-0.05, 0) is 49.2 Å². The smallest absolute Gasteiger partial charge is 0.246 e. The summed E-state index contributed by atoms with van der Waals surface area (Å²) in [5.41, 5.74) is 3.41. The maximum absolute atomic E-state index is 13.4. The molecular weight excluding hydrogens is 364 g/mol. The lowest BCUT2D eigenvalue weighted by molar-refractivity contribution is 0.0103. The molecule has 0 aliphatic carbocycles. The number of halogens is 2. The SMILES string of the molecule is Cc1cc(Nc2ncn(-c3cc(F)cc(F)c3)n2)cc(N2C3COCC2C3)c1.[HH]. The van der Waals surface area contributed by atoms with Crippen molar-refractivity contribution in [3.05, 3.63) is 59.9 Å². The summed E-state index contributed by atoms with van der Waals surface area (Å²) in [5.74, 6) is -0.965. The third-order valence-electron chi connectivity index (χ3n) is 5.17. The van der Waals surface area contributed by atoms with Gasteiger partial charge in [-0.2, -0.15) is 4.98 Å². The van der Waals surface area contributed by atoms with Crippen molar-refractivity contribution in [3.63, 3.8) is 0 Å². The lowest BCUT2D eigenvalue weighted by Gasteiger charge is -2.54. The van der Waals surface area contributed by atoms with Crippen LogP contribution in [0.4, 0.5) is 26.1 Å². The van der Waals surface area contributed by atoms with Crippen molar-refractivity contribution in [2.45, 2.75) is 25.4 Å². The van der Waals surface area contributed by atoms with Crippen molar-refractivity contribution in [3.8, 4) is 5.69 Å². The minimum Gasteiger partial charge on any atom is -0.377 e. The van der Waals surface area contributed by atoms with Crippen LogP contribution in [0, 0.1) is 18.6 Å². The first-order chi connectivity index (χ1) is 13.5. The lowest BCUT2D eigenvalue weighted by atomic mass is 9.90. The molecule has 2 saturated heterocycles. The highest BCUT2D eigenvalue weighted by Gasteiger charge is 2.42. The Morgan fingerprint density at radius 3 is 2.50 bits per heavy atom. The van der Waals surface area contributed by atoms with E-state index in [9.17, 15) is 8.78 Å². The molecule has 28 heavy (non-hydrogen) atoms. The molecule has 2 atom stereocenters. The Balaban J connectivity index is 0.00000205. The number of aromatic nitrogens is 3. The molecular formula is C20H21F2N5O. The van der Waals surface area contributed by atoms with Gasteiger partial charge in [0.15, 0.2) is 0 Å². The molecule has 2 bridgehead atoms. The molecule has 3 heterocycles. The van der Waals surface area contributed by atoms with Crippen molar-refractivity contribution in [2.75, 3.05) is 23.4 Å². The Labute approximate surface area is 162 Å². The Morgan fingerprint density at radius 1 is 1.04 bits per heavy atom. The number of aryl methyl sites for hydroxylation is 1. The zero-order valence-electron chi connectivity index (χ0n) is 15.3. The minimum atomic E-state index is -0.660. The number of hydrogen-bond acceptors (Lipinski definition) is 5. The van der Waals surface area contributed by atoms with Crippen molar-refractivity contribution in [1.82, 2.24) is 14.8 Å². The molecule has 3 aromatic rings. The van der Waals surface area contributed by atoms with Crippen molar-refractivity contribution < 1.29 is 14.9 Å². The van der Waals surface area contributed by atoms with Crippen LogP contribution in [-0.4, -0.2) is 40.1 Å². The topological polar surface area (TPSA) is 55.2 Å². The van der Waals surface area contributed by atoms with Crippen molar-refractivity contribution in [2.24, 2.45) is 0 Å². The van der Waals surface area contributed by atoms with Crippen LogP contribution in [0.1, 0.15) is 13.4 Å². The van der Waals surface area contributed by atoms with Crippen LogP contribution in [0.25, 0.3) is 5.69 Å². The summed E-state index contributed by atoms with van der Waals surface area (Å²) in [6.45, 7) is 3.58.